The lowest BCUT2D eigenvalue weighted by molar-refractivity contribution is -0.128. The number of carbonyl (C=O) groups excluding carboxylic acids is 2. The van der Waals surface area contributed by atoms with Gasteiger partial charge in [0, 0.05) is 4.47 Å². The van der Waals surface area contributed by atoms with E-state index in [9.17, 15) is 18.4 Å². The van der Waals surface area contributed by atoms with E-state index >= 15 is 0 Å². The van der Waals surface area contributed by atoms with Crippen LogP contribution < -0.4 is 15.6 Å². The number of halogens is 3. The second kappa shape index (κ2) is 7.87. The molecule has 126 valence electrons. The third kappa shape index (κ3) is 4.51. The summed E-state index contributed by atoms with van der Waals surface area (Å²) in [4.78, 5) is 23.8. The molecule has 2 aromatic carbocycles. The predicted octanol–water partition coefficient (Wildman–Crippen LogP) is 2.96. The Bertz CT molecular complexity index is 771. The van der Waals surface area contributed by atoms with Crippen LogP contribution in [-0.2, 0) is 4.79 Å². The molecule has 0 saturated carbocycles. The third-order valence-corrected chi connectivity index (χ3v) is 3.67. The van der Waals surface area contributed by atoms with Gasteiger partial charge in [-0.3, -0.25) is 20.4 Å². The summed E-state index contributed by atoms with van der Waals surface area (Å²) in [6, 6.07) is 9.20. The van der Waals surface area contributed by atoms with Crippen LogP contribution in [0.15, 0.2) is 46.9 Å². The van der Waals surface area contributed by atoms with E-state index in [1.165, 1.54) is 37.3 Å². The molecule has 0 bridgehead atoms. The standard InChI is InChI=1S/C16H13BrF2N2O3/c1-9(24-14-5-3-2-4-13(14)19)15(22)20-21-16(23)11-8-10(18)6-7-12(11)17/h2-9H,1H3,(H,20,22)(H,21,23). The SMILES string of the molecule is CC(Oc1ccccc1F)C(=O)NNC(=O)c1cc(F)ccc1Br. The van der Waals surface area contributed by atoms with Gasteiger partial charge in [0.05, 0.1) is 5.56 Å². The largest absolute Gasteiger partial charge is 0.478 e. The van der Waals surface area contributed by atoms with Crippen LogP contribution in [0.4, 0.5) is 8.78 Å². The molecule has 0 aromatic heterocycles. The van der Waals surface area contributed by atoms with E-state index in [0.717, 1.165) is 6.07 Å². The molecule has 5 nitrogen and oxygen atoms in total. The number of ether oxygens (including phenoxy) is 1. The highest BCUT2D eigenvalue weighted by Crippen LogP contribution is 2.18. The van der Waals surface area contributed by atoms with E-state index in [-0.39, 0.29) is 11.3 Å². The zero-order valence-corrected chi connectivity index (χ0v) is 14.1. The molecular formula is C16H13BrF2N2O3. The molecule has 0 aliphatic rings. The van der Waals surface area contributed by atoms with Crippen molar-refractivity contribution in [1.29, 1.82) is 0 Å². The topological polar surface area (TPSA) is 67.4 Å². The van der Waals surface area contributed by atoms with Crippen LogP contribution in [0.2, 0.25) is 0 Å². The normalized spacial score (nSPS) is 11.5. The molecule has 8 heteroatoms. The highest BCUT2D eigenvalue weighted by molar-refractivity contribution is 9.10. The van der Waals surface area contributed by atoms with E-state index in [2.05, 4.69) is 26.8 Å². The van der Waals surface area contributed by atoms with Gasteiger partial charge >= 0.3 is 0 Å². The summed E-state index contributed by atoms with van der Waals surface area (Å²) in [5, 5.41) is 0. The first kappa shape index (κ1) is 17.9. The number of hydrogen-bond donors (Lipinski definition) is 2. The van der Waals surface area contributed by atoms with E-state index in [4.69, 9.17) is 4.74 Å². The van der Waals surface area contributed by atoms with Gasteiger partial charge in [0.1, 0.15) is 5.82 Å². The van der Waals surface area contributed by atoms with Crippen LogP contribution in [0.1, 0.15) is 17.3 Å². The molecule has 24 heavy (non-hydrogen) atoms. The zero-order chi connectivity index (χ0) is 17.7. The number of hydrogen-bond acceptors (Lipinski definition) is 3. The molecule has 0 heterocycles. The van der Waals surface area contributed by atoms with Crippen LogP contribution >= 0.6 is 15.9 Å². The molecule has 0 aliphatic heterocycles. The smallest absolute Gasteiger partial charge is 0.279 e. The quantitative estimate of drug-likeness (QED) is 0.778. The van der Waals surface area contributed by atoms with Crippen molar-refractivity contribution in [3.8, 4) is 5.75 Å². The first-order valence-electron chi connectivity index (χ1n) is 6.85. The first-order chi connectivity index (χ1) is 11.4. The lowest BCUT2D eigenvalue weighted by Gasteiger charge is -2.15. The van der Waals surface area contributed by atoms with Gasteiger partial charge in [0.15, 0.2) is 17.7 Å². The second-order valence-corrected chi connectivity index (χ2v) is 5.61. The Hall–Kier alpha value is -2.48. The van der Waals surface area contributed by atoms with E-state index in [1.807, 2.05) is 0 Å². The minimum Gasteiger partial charge on any atom is -0.478 e. The highest BCUT2D eigenvalue weighted by atomic mass is 79.9. The second-order valence-electron chi connectivity index (χ2n) is 4.76. The van der Waals surface area contributed by atoms with Crippen molar-refractivity contribution < 1.29 is 23.1 Å². The molecule has 2 aromatic rings. The van der Waals surface area contributed by atoms with Crippen LogP contribution in [0.25, 0.3) is 0 Å². The van der Waals surface area contributed by atoms with Gasteiger partial charge in [-0.2, -0.15) is 0 Å². The summed E-state index contributed by atoms with van der Waals surface area (Å²) in [6.07, 6.45) is -1.06. The number of carbonyl (C=O) groups is 2. The Balaban J connectivity index is 1.93. The van der Waals surface area contributed by atoms with Gasteiger partial charge < -0.3 is 4.74 Å². The average Bonchev–Trinajstić information content (AvgIpc) is 2.56. The van der Waals surface area contributed by atoms with Gasteiger partial charge in [0.2, 0.25) is 0 Å². The Kier molecular flexibility index (Phi) is 5.86. The zero-order valence-electron chi connectivity index (χ0n) is 12.5. The number of amides is 2. The third-order valence-electron chi connectivity index (χ3n) is 2.98. The maximum absolute atomic E-state index is 13.5. The lowest BCUT2D eigenvalue weighted by Crippen LogP contribution is -2.47. The Morgan fingerprint density at radius 2 is 1.83 bits per heavy atom. The van der Waals surface area contributed by atoms with Crippen LogP contribution in [-0.4, -0.2) is 17.9 Å². The number of nitrogens with one attached hydrogen (secondary N) is 2. The molecule has 1 unspecified atom stereocenters. The molecule has 2 rings (SSSR count). The van der Waals surface area contributed by atoms with Gasteiger partial charge in [-0.05, 0) is 53.2 Å². The maximum atomic E-state index is 13.5. The van der Waals surface area contributed by atoms with Crippen molar-refractivity contribution in [1.82, 2.24) is 10.9 Å². The van der Waals surface area contributed by atoms with Gasteiger partial charge in [-0.1, -0.05) is 12.1 Å². The number of benzene rings is 2. The molecule has 2 N–H and O–H groups in total. The van der Waals surface area contributed by atoms with Crippen LogP contribution in [0.3, 0.4) is 0 Å². The molecule has 0 fully saturated rings. The summed E-state index contributed by atoms with van der Waals surface area (Å²) in [5.74, 6) is -2.69. The molecule has 0 aliphatic carbocycles. The maximum Gasteiger partial charge on any atom is 0.279 e. The van der Waals surface area contributed by atoms with Crippen molar-refractivity contribution in [2.24, 2.45) is 0 Å². The van der Waals surface area contributed by atoms with Crippen LogP contribution in [0, 0.1) is 11.6 Å². The van der Waals surface area contributed by atoms with Crippen molar-refractivity contribution in [3.63, 3.8) is 0 Å². The summed E-state index contributed by atoms with van der Waals surface area (Å²) in [7, 11) is 0. The Morgan fingerprint density at radius 3 is 2.54 bits per heavy atom. The van der Waals surface area contributed by atoms with Crippen molar-refractivity contribution in [2.45, 2.75) is 13.0 Å². The molecular weight excluding hydrogens is 386 g/mol. The molecule has 0 spiro atoms. The van der Waals surface area contributed by atoms with Gasteiger partial charge in [-0.15, -0.1) is 0 Å². The first-order valence-corrected chi connectivity index (χ1v) is 7.64. The van der Waals surface area contributed by atoms with Gasteiger partial charge in [-0.25, -0.2) is 8.78 Å². The summed E-state index contributed by atoms with van der Waals surface area (Å²) < 4.78 is 32.2. The lowest BCUT2D eigenvalue weighted by atomic mass is 10.2. The Labute approximate surface area is 145 Å². The van der Waals surface area contributed by atoms with Crippen molar-refractivity contribution in [3.05, 3.63) is 64.1 Å². The van der Waals surface area contributed by atoms with E-state index < -0.39 is 29.6 Å². The fourth-order valence-electron chi connectivity index (χ4n) is 1.74. The van der Waals surface area contributed by atoms with E-state index in [1.54, 1.807) is 6.07 Å². The average molecular weight is 399 g/mol. The number of hydrazine groups is 1. The predicted molar refractivity (Wildman–Crippen MR) is 86.2 cm³/mol. The van der Waals surface area contributed by atoms with Crippen LogP contribution in [0.5, 0.6) is 5.75 Å². The molecule has 2 amide bonds. The fraction of sp³-hybridized carbons (Fsp3) is 0.125. The summed E-state index contributed by atoms with van der Waals surface area (Å²) in [6.45, 7) is 1.39. The summed E-state index contributed by atoms with van der Waals surface area (Å²) in [5.41, 5.74) is 4.29. The minimum absolute atomic E-state index is 0.0120. The highest BCUT2D eigenvalue weighted by Gasteiger charge is 2.18. The Morgan fingerprint density at radius 1 is 1.12 bits per heavy atom. The minimum atomic E-state index is -1.06. The fourth-order valence-corrected chi connectivity index (χ4v) is 2.17. The molecule has 0 radical (unpaired) electrons. The van der Waals surface area contributed by atoms with E-state index in [0.29, 0.717) is 4.47 Å². The van der Waals surface area contributed by atoms with Crippen molar-refractivity contribution in [2.75, 3.05) is 0 Å². The molecule has 0 saturated heterocycles. The summed E-state index contributed by atoms with van der Waals surface area (Å²) >= 11 is 3.11. The molecule has 1 atom stereocenters. The number of para-hydroxylation sites is 1. The monoisotopic (exact) mass is 398 g/mol. The van der Waals surface area contributed by atoms with Gasteiger partial charge in [0.25, 0.3) is 11.8 Å². The van der Waals surface area contributed by atoms with Crippen molar-refractivity contribution >= 4 is 27.7 Å². The number of rotatable bonds is 4.